The maximum atomic E-state index is 13.1. The van der Waals surface area contributed by atoms with E-state index in [0.29, 0.717) is 0 Å². The van der Waals surface area contributed by atoms with Gasteiger partial charge in [0.25, 0.3) is 11.9 Å². The quantitative estimate of drug-likeness (QED) is 0.151. The van der Waals surface area contributed by atoms with Gasteiger partial charge in [0, 0.05) is 0 Å². The monoisotopic (exact) mass is 607 g/mol. The predicted octanol–water partition coefficient (Wildman–Crippen LogP) is 5.83. The Hall–Kier alpha value is -1.18. The first-order valence-electron chi connectivity index (χ1n) is 10.1. The minimum absolute atomic E-state index is 1.28. The molecule has 0 aromatic rings. The van der Waals surface area contributed by atoms with Crippen molar-refractivity contribution in [3.63, 3.8) is 0 Å². The minimum atomic E-state index is -8.30. The van der Waals surface area contributed by atoms with E-state index >= 15 is 0 Å². The van der Waals surface area contributed by atoms with E-state index < -0.39 is 64.0 Å². The third kappa shape index (κ3) is 7.07. The fourth-order valence-electron chi connectivity index (χ4n) is 2.78. The maximum Gasteiger partial charge on any atom is 0.384 e. The van der Waals surface area contributed by atoms with Gasteiger partial charge in [-0.25, -0.2) is 30.4 Å². The van der Waals surface area contributed by atoms with E-state index in [2.05, 4.69) is 27.7 Å². The average Bonchev–Trinajstić information content (AvgIpc) is 2.78. The highest BCUT2D eigenvalue weighted by atomic mass is 32.2. The summed E-state index contributed by atoms with van der Waals surface area (Å²) >= 11 is 0. The third-order valence-corrected chi connectivity index (χ3v) is 6.52. The fraction of sp³-hybridized carbons (Fsp3) is 1.00. The summed E-state index contributed by atoms with van der Waals surface area (Å²) in [4.78, 5) is 0. The molecule has 0 bridgehead atoms. The number of hydrogen-bond donors (Lipinski definition) is 0. The number of rotatable bonds is 13. The Bertz CT molecular complexity index is 801. The lowest BCUT2D eigenvalue weighted by atomic mass is 9.91. The largest absolute Gasteiger partial charge is 0.746 e. The van der Waals surface area contributed by atoms with Crippen LogP contribution in [0.5, 0.6) is 0 Å². The van der Waals surface area contributed by atoms with Gasteiger partial charge in [-0.05, 0) is 27.7 Å². The van der Waals surface area contributed by atoms with Crippen LogP contribution < -0.4 is 0 Å². The Morgan fingerprint density at radius 2 is 0.919 bits per heavy atom. The molecule has 0 aliphatic heterocycles. The first-order chi connectivity index (χ1) is 16.2. The van der Waals surface area contributed by atoms with Gasteiger partial charge in [-0.3, -0.25) is 0 Å². The van der Waals surface area contributed by atoms with Gasteiger partial charge in [-0.15, -0.1) is 0 Å². The fourth-order valence-corrected chi connectivity index (χ4v) is 3.29. The normalized spacial score (nSPS) is 17.2. The molecule has 4 nitrogen and oxygen atoms in total. The molecule has 0 aromatic heterocycles. The summed E-state index contributed by atoms with van der Waals surface area (Å²) in [6.07, 6.45) is -15.6. The lowest BCUT2D eigenvalue weighted by Crippen LogP contribution is -2.71. The molecule has 0 saturated carbocycles. The van der Waals surface area contributed by atoms with Gasteiger partial charge in [0.1, 0.15) is 10.1 Å². The molecule has 20 heteroatoms. The number of hydrogen-bond acceptors (Lipinski definition) is 3. The van der Waals surface area contributed by atoms with Crippen LogP contribution in [0.2, 0.25) is 0 Å². The van der Waals surface area contributed by atoms with Crippen molar-refractivity contribution in [2.45, 2.75) is 81.6 Å². The standard InChI is InChI=1S/C9H5F15O3S.C8H20N/c10-1(3(12)13)2(11)5(15,16)7(19,20)9(23,24)8(21,22)6(17,18)4(14)28(25,26)27;1-5-9(6-2,7-3)8-4/h1-4H,(H,25,26,27);5-8H2,1-4H3/q;+1/p-1. The van der Waals surface area contributed by atoms with Crippen molar-refractivity contribution >= 4 is 10.1 Å². The summed E-state index contributed by atoms with van der Waals surface area (Å²) in [5.74, 6) is -39.7. The van der Waals surface area contributed by atoms with Gasteiger partial charge >= 0.3 is 29.6 Å². The van der Waals surface area contributed by atoms with Crippen molar-refractivity contribution in [3.8, 4) is 0 Å². The second-order valence-corrected chi connectivity index (χ2v) is 8.96. The van der Waals surface area contributed by atoms with Crippen LogP contribution in [-0.2, 0) is 10.1 Å². The van der Waals surface area contributed by atoms with E-state index in [0.717, 1.165) is 0 Å². The van der Waals surface area contributed by atoms with E-state index in [4.69, 9.17) is 0 Å². The van der Waals surface area contributed by atoms with Gasteiger partial charge in [-0.1, -0.05) is 0 Å². The summed E-state index contributed by atoms with van der Waals surface area (Å²) in [6.45, 7) is 14.2. The molecular weight excluding hydrogens is 583 g/mol. The summed E-state index contributed by atoms with van der Waals surface area (Å²) < 4.78 is 223. The molecule has 3 atom stereocenters. The lowest BCUT2D eigenvalue weighted by molar-refractivity contribution is -0.921. The van der Waals surface area contributed by atoms with Gasteiger partial charge in [0.05, 0.1) is 26.2 Å². The van der Waals surface area contributed by atoms with Crippen molar-refractivity contribution in [1.29, 1.82) is 0 Å². The second-order valence-electron chi connectivity index (χ2n) is 7.57. The van der Waals surface area contributed by atoms with Crippen LogP contribution >= 0.6 is 0 Å². The summed E-state index contributed by atoms with van der Waals surface area (Å²) in [5.41, 5.74) is -5.89. The van der Waals surface area contributed by atoms with E-state index in [1.165, 1.54) is 30.7 Å². The minimum Gasteiger partial charge on any atom is -0.746 e. The Balaban J connectivity index is 0. The predicted molar refractivity (Wildman–Crippen MR) is 97.5 cm³/mol. The van der Waals surface area contributed by atoms with Crippen molar-refractivity contribution in [1.82, 2.24) is 0 Å². The van der Waals surface area contributed by atoms with Crippen LogP contribution in [0.25, 0.3) is 0 Å². The van der Waals surface area contributed by atoms with Crippen LogP contribution in [0.1, 0.15) is 27.7 Å². The summed E-state index contributed by atoms with van der Waals surface area (Å²) in [5, 5.41) is 0. The molecule has 0 rings (SSSR count). The molecule has 0 aliphatic rings. The van der Waals surface area contributed by atoms with E-state index in [9.17, 15) is 78.8 Å². The molecule has 0 aromatic carbocycles. The Morgan fingerprint density at radius 3 is 1.14 bits per heavy atom. The molecule has 0 N–H and O–H groups in total. The zero-order chi connectivity index (χ0) is 30.6. The number of halogens is 15. The Labute approximate surface area is 202 Å². The Kier molecular flexibility index (Phi) is 12.7. The molecule has 0 fully saturated rings. The first kappa shape index (κ1) is 38.0. The number of nitrogens with zero attached hydrogens (tertiary/aromatic N) is 1. The van der Waals surface area contributed by atoms with Gasteiger partial charge in [-0.2, -0.15) is 43.9 Å². The molecule has 0 aliphatic carbocycles. The van der Waals surface area contributed by atoms with Gasteiger partial charge in [0.2, 0.25) is 6.17 Å². The van der Waals surface area contributed by atoms with Crippen molar-refractivity contribution in [2.75, 3.05) is 26.2 Å². The third-order valence-electron chi connectivity index (χ3n) is 5.71. The lowest BCUT2D eigenvalue weighted by Gasteiger charge is -2.41. The summed E-state index contributed by atoms with van der Waals surface area (Å²) in [6, 6.07) is 0. The van der Waals surface area contributed by atoms with Crippen molar-refractivity contribution in [3.05, 3.63) is 0 Å². The smallest absolute Gasteiger partial charge is 0.384 e. The van der Waals surface area contributed by atoms with Crippen LogP contribution in [0, 0.1) is 0 Å². The van der Waals surface area contributed by atoms with E-state index in [1.807, 2.05) is 0 Å². The summed E-state index contributed by atoms with van der Waals surface area (Å²) in [7, 11) is -7.27. The molecule has 37 heavy (non-hydrogen) atoms. The van der Waals surface area contributed by atoms with E-state index in [1.54, 1.807) is 0 Å². The van der Waals surface area contributed by atoms with Gasteiger partial charge in [0.15, 0.2) is 6.17 Å². The Morgan fingerprint density at radius 1 is 0.622 bits per heavy atom. The number of alkyl halides is 15. The van der Waals surface area contributed by atoms with Crippen molar-refractivity contribution < 1.29 is 83.3 Å². The SMILES string of the molecule is CC[N+](CC)(CC)CC.O=S(=O)([O-])C(F)C(F)(F)C(F)(F)C(F)(F)C(F)(F)C(F)(F)C(F)C(F)C(F)F. The molecule has 0 heterocycles. The molecule has 0 saturated heterocycles. The van der Waals surface area contributed by atoms with Crippen LogP contribution in [0.3, 0.4) is 0 Å². The molecule has 3 unspecified atom stereocenters. The topological polar surface area (TPSA) is 57.2 Å². The van der Waals surface area contributed by atoms with E-state index in [-0.39, 0.29) is 0 Å². The first-order valence-corrected chi connectivity index (χ1v) is 11.5. The molecular formula is C17H24F15NO3S. The van der Waals surface area contributed by atoms with Crippen molar-refractivity contribution in [2.24, 2.45) is 0 Å². The maximum absolute atomic E-state index is 13.1. The van der Waals surface area contributed by atoms with Crippen LogP contribution in [0.15, 0.2) is 0 Å². The molecule has 0 radical (unpaired) electrons. The highest BCUT2D eigenvalue weighted by molar-refractivity contribution is 7.86. The zero-order valence-corrected chi connectivity index (χ0v) is 20.2. The highest BCUT2D eigenvalue weighted by Crippen LogP contribution is 2.59. The van der Waals surface area contributed by atoms with Gasteiger partial charge < -0.3 is 9.04 Å². The van der Waals surface area contributed by atoms with Crippen LogP contribution in [0.4, 0.5) is 65.9 Å². The molecule has 0 spiro atoms. The number of quaternary nitrogens is 1. The van der Waals surface area contributed by atoms with Crippen LogP contribution in [-0.4, -0.2) is 97.5 Å². The molecule has 226 valence electrons. The zero-order valence-electron chi connectivity index (χ0n) is 19.4. The molecule has 0 amide bonds. The second kappa shape index (κ2) is 12.3. The highest BCUT2D eigenvalue weighted by Gasteiger charge is 2.89. The average molecular weight is 607 g/mol.